The van der Waals surface area contributed by atoms with Gasteiger partial charge in [-0.1, -0.05) is 55.9 Å². The highest BCUT2D eigenvalue weighted by Gasteiger charge is 2.47. The van der Waals surface area contributed by atoms with Gasteiger partial charge in [-0.2, -0.15) is 0 Å². The molecule has 0 aromatic carbocycles. The van der Waals surface area contributed by atoms with Crippen LogP contribution in [0.4, 0.5) is 0 Å². The first-order valence-electron chi connectivity index (χ1n) is 10.3. The number of hydrogen-bond acceptors (Lipinski definition) is 1. The van der Waals surface area contributed by atoms with Gasteiger partial charge in [0.15, 0.2) is 5.78 Å². The minimum Gasteiger partial charge on any atom is -0.295 e. The molecular weight excluding hydrogens is 316 g/mol. The summed E-state index contributed by atoms with van der Waals surface area (Å²) in [4.78, 5) is 11.2. The van der Waals surface area contributed by atoms with Crippen molar-refractivity contribution < 1.29 is 4.79 Å². The Hall–Kier alpha value is -1.37. The van der Waals surface area contributed by atoms with E-state index in [4.69, 9.17) is 0 Å². The van der Waals surface area contributed by atoms with Crippen LogP contribution in [-0.4, -0.2) is 5.78 Å². The first kappa shape index (κ1) is 20.9. The fraction of sp³-hybridized carbons (Fsp3) is 0.640. The van der Waals surface area contributed by atoms with Gasteiger partial charge in [-0.25, -0.2) is 0 Å². The van der Waals surface area contributed by atoms with Crippen molar-refractivity contribution >= 4 is 5.78 Å². The number of Topliss-reactive ketones (excluding diaryl/α,β-unsaturated/α-hetero) is 1. The van der Waals surface area contributed by atoms with Gasteiger partial charge in [0.2, 0.25) is 0 Å². The zero-order chi connectivity index (χ0) is 19.5. The maximum absolute atomic E-state index is 11.2. The molecule has 3 aliphatic rings. The van der Waals surface area contributed by atoms with E-state index in [1.54, 1.807) is 5.57 Å². The van der Waals surface area contributed by atoms with Gasteiger partial charge in [0.25, 0.3) is 0 Å². The Labute approximate surface area is 161 Å². The molecule has 144 valence electrons. The van der Waals surface area contributed by atoms with Crippen LogP contribution in [0.25, 0.3) is 0 Å². The van der Waals surface area contributed by atoms with Crippen molar-refractivity contribution in [3.8, 4) is 0 Å². The van der Waals surface area contributed by atoms with Crippen molar-refractivity contribution in [2.75, 3.05) is 0 Å². The number of ketones is 1. The third kappa shape index (κ3) is 5.09. The van der Waals surface area contributed by atoms with E-state index in [9.17, 15) is 4.79 Å². The smallest absolute Gasteiger partial charge is 0.158 e. The summed E-state index contributed by atoms with van der Waals surface area (Å²) in [6, 6.07) is 0. The van der Waals surface area contributed by atoms with E-state index in [-0.39, 0.29) is 5.78 Å². The molecule has 1 heteroatoms. The molecule has 0 bridgehead atoms. The Kier molecular flexibility index (Phi) is 6.88. The van der Waals surface area contributed by atoms with Crippen molar-refractivity contribution in [3.05, 3.63) is 47.6 Å². The second-order valence-electron chi connectivity index (χ2n) is 9.49. The molecule has 1 fully saturated rings. The van der Waals surface area contributed by atoms with E-state index >= 15 is 0 Å². The van der Waals surface area contributed by atoms with Crippen molar-refractivity contribution in [2.24, 2.45) is 23.2 Å². The molecule has 0 saturated heterocycles. The summed E-state index contributed by atoms with van der Waals surface area (Å²) in [7, 11) is 0. The Morgan fingerprint density at radius 3 is 2.46 bits per heavy atom. The monoisotopic (exact) mass is 354 g/mol. The lowest BCUT2D eigenvalue weighted by Crippen LogP contribution is -2.44. The number of allylic oxidation sites excluding steroid dienone is 6. The molecular formula is C25H38O. The molecule has 3 aliphatic carbocycles. The molecule has 3 atom stereocenters. The van der Waals surface area contributed by atoms with E-state index in [2.05, 4.69) is 40.0 Å². The molecule has 0 aliphatic heterocycles. The molecule has 1 nitrogen and oxygen atoms in total. The maximum Gasteiger partial charge on any atom is 0.158 e. The Morgan fingerprint density at radius 1 is 1.19 bits per heavy atom. The number of carbonyl (C=O) groups is 1. The van der Waals surface area contributed by atoms with Crippen LogP contribution in [0, 0.1) is 23.2 Å². The molecule has 26 heavy (non-hydrogen) atoms. The highest BCUT2D eigenvalue weighted by Crippen LogP contribution is 2.56. The second kappa shape index (κ2) is 8.55. The van der Waals surface area contributed by atoms with Crippen molar-refractivity contribution in [2.45, 2.75) is 79.6 Å². The van der Waals surface area contributed by atoms with Gasteiger partial charge in [0.05, 0.1) is 0 Å². The van der Waals surface area contributed by atoms with Crippen molar-refractivity contribution in [3.63, 3.8) is 0 Å². The standard InChI is InChI=1S/C15H24.C10H14O/c1-11-6-5-7-12(2)13-10-15(3,4)14(13)9-8-11;1-7(2)9-5-4-8(3)10(11)6-9/h6,13-14H,2,5,7-10H2,1,3-4H3;4,9H,1,5-6H2,2-3H3/b11-6+;/t13-,14-;/m1./s1. The van der Waals surface area contributed by atoms with Crippen LogP contribution in [0.2, 0.25) is 0 Å². The molecule has 0 radical (unpaired) electrons. The summed E-state index contributed by atoms with van der Waals surface area (Å²) in [6.45, 7) is 19.2. The third-order valence-electron chi connectivity index (χ3n) is 6.84. The second-order valence-corrected chi connectivity index (χ2v) is 9.49. The lowest BCUT2D eigenvalue weighted by Gasteiger charge is -2.53. The summed E-state index contributed by atoms with van der Waals surface area (Å²) < 4.78 is 0. The molecule has 0 N–H and O–H groups in total. The number of fused-ring (bicyclic) bond motifs is 1. The Morgan fingerprint density at radius 2 is 1.88 bits per heavy atom. The fourth-order valence-electron chi connectivity index (χ4n) is 4.72. The Balaban J connectivity index is 0.000000197. The maximum atomic E-state index is 11.2. The van der Waals surface area contributed by atoms with Gasteiger partial charge < -0.3 is 0 Å². The van der Waals surface area contributed by atoms with Crippen LogP contribution in [0.5, 0.6) is 0 Å². The first-order chi connectivity index (χ1) is 12.1. The minimum atomic E-state index is 0.282. The summed E-state index contributed by atoms with van der Waals surface area (Å²) in [5, 5.41) is 0. The fourth-order valence-corrected chi connectivity index (χ4v) is 4.72. The number of hydrogen-bond donors (Lipinski definition) is 0. The molecule has 1 unspecified atom stereocenters. The van der Waals surface area contributed by atoms with Gasteiger partial charge in [-0.05, 0) is 88.0 Å². The van der Waals surface area contributed by atoms with Gasteiger partial charge in [0, 0.05) is 6.42 Å². The quantitative estimate of drug-likeness (QED) is 0.454. The molecule has 3 rings (SSSR count). The predicted molar refractivity (Wildman–Crippen MR) is 113 cm³/mol. The molecule has 0 amide bonds. The highest BCUT2D eigenvalue weighted by atomic mass is 16.1. The summed E-state index contributed by atoms with van der Waals surface area (Å²) >= 11 is 0. The van der Waals surface area contributed by atoms with E-state index in [0.717, 1.165) is 29.4 Å². The molecule has 0 aromatic heterocycles. The van der Waals surface area contributed by atoms with E-state index in [1.165, 1.54) is 37.7 Å². The lowest BCUT2D eigenvalue weighted by atomic mass is 9.52. The topological polar surface area (TPSA) is 17.1 Å². The van der Waals surface area contributed by atoms with Crippen molar-refractivity contribution in [1.29, 1.82) is 0 Å². The normalized spacial score (nSPS) is 32.9. The minimum absolute atomic E-state index is 0.282. The van der Waals surface area contributed by atoms with Gasteiger partial charge >= 0.3 is 0 Å². The average molecular weight is 355 g/mol. The van der Waals surface area contributed by atoms with Crippen molar-refractivity contribution in [1.82, 2.24) is 0 Å². The zero-order valence-corrected chi connectivity index (χ0v) is 17.7. The highest BCUT2D eigenvalue weighted by molar-refractivity contribution is 5.95. The number of rotatable bonds is 1. The average Bonchev–Trinajstić information content (AvgIpc) is 2.60. The van der Waals surface area contributed by atoms with Crippen LogP contribution >= 0.6 is 0 Å². The molecule has 0 aromatic rings. The number of carbonyl (C=O) groups excluding carboxylic acids is 1. The lowest BCUT2D eigenvalue weighted by molar-refractivity contribution is -0.116. The predicted octanol–water partition coefficient (Wildman–Crippen LogP) is 7.21. The summed E-state index contributed by atoms with van der Waals surface area (Å²) in [6.07, 6.45) is 12.6. The zero-order valence-electron chi connectivity index (χ0n) is 17.7. The van der Waals surface area contributed by atoms with Crippen LogP contribution in [0.3, 0.4) is 0 Å². The van der Waals surface area contributed by atoms with Gasteiger partial charge in [-0.15, -0.1) is 0 Å². The first-order valence-corrected chi connectivity index (χ1v) is 10.3. The third-order valence-corrected chi connectivity index (χ3v) is 6.84. The molecule has 0 spiro atoms. The van der Waals surface area contributed by atoms with Crippen LogP contribution in [0.1, 0.15) is 79.6 Å². The van der Waals surface area contributed by atoms with E-state index in [0.29, 0.717) is 17.8 Å². The Bertz CT molecular complexity index is 629. The summed E-state index contributed by atoms with van der Waals surface area (Å²) in [5.41, 5.74) is 5.72. The SMILES string of the molecule is C=C(C)C1CC=C(C)C(=O)C1.C=C1CC/C=C(\C)CC[C@@H]2[C@@H]1CC2(C)C. The largest absolute Gasteiger partial charge is 0.295 e. The van der Waals surface area contributed by atoms with Crippen LogP contribution < -0.4 is 0 Å². The van der Waals surface area contributed by atoms with E-state index < -0.39 is 0 Å². The van der Waals surface area contributed by atoms with Crippen LogP contribution in [-0.2, 0) is 4.79 Å². The van der Waals surface area contributed by atoms with E-state index in [1.807, 2.05) is 19.9 Å². The van der Waals surface area contributed by atoms with Gasteiger partial charge in [-0.3, -0.25) is 4.79 Å². The van der Waals surface area contributed by atoms with Gasteiger partial charge in [0.1, 0.15) is 0 Å². The molecule has 1 saturated carbocycles. The summed E-state index contributed by atoms with van der Waals surface area (Å²) in [5.74, 6) is 2.40. The van der Waals surface area contributed by atoms with Crippen LogP contribution in [0.15, 0.2) is 47.6 Å². The molecule has 0 heterocycles.